The summed E-state index contributed by atoms with van der Waals surface area (Å²) in [5, 5.41) is 2.22. The lowest BCUT2D eigenvalue weighted by molar-refractivity contribution is 0.660. The monoisotopic (exact) mass is 819 g/mol. The van der Waals surface area contributed by atoms with E-state index in [9.17, 15) is 0 Å². The number of benzene rings is 9. The molecule has 4 nitrogen and oxygen atoms in total. The van der Waals surface area contributed by atoms with Gasteiger partial charge in [-0.05, 0) is 103 Å². The zero-order valence-corrected chi connectivity index (χ0v) is 35.5. The topological polar surface area (TPSA) is 51.8 Å². The minimum atomic E-state index is -0.0914. The van der Waals surface area contributed by atoms with E-state index in [2.05, 4.69) is 214 Å². The summed E-state index contributed by atoms with van der Waals surface area (Å²) in [6.45, 7) is 4.65. The van der Waals surface area contributed by atoms with Gasteiger partial charge < -0.3 is 4.42 Å². The average molecular weight is 820 g/mol. The minimum absolute atomic E-state index is 0.0914. The van der Waals surface area contributed by atoms with Gasteiger partial charge in [-0.15, -0.1) is 0 Å². The second-order valence-corrected chi connectivity index (χ2v) is 17.2. The normalized spacial score (nSPS) is 12.7. The van der Waals surface area contributed by atoms with Crippen LogP contribution in [-0.2, 0) is 5.41 Å². The van der Waals surface area contributed by atoms with Crippen molar-refractivity contribution in [2.45, 2.75) is 19.3 Å². The molecule has 1 aliphatic carbocycles. The fourth-order valence-corrected chi connectivity index (χ4v) is 9.63. The molecule has 0 amide bonds. The van der Waals surface area contributed by atoms with Gasteiger partial charge in [0.2, 0.25) is 0 Å². The smallest absolute Gasteiger partial charge is 0.164 e. The van der Waals surface area contributed by atoms with Crippen molar-refractivity contribution in [1.82, 2.24) is 15.0 Å². The van der Waals surface area contributed by atoms with Crippen molar-refractivity contribution in [3.8, 4) is 89.8 Å². The van der Waals surface area contributed by atoms with Gasteiger partial charge in [-0.2, -0.15) is 0 Å². The van der Waals surface area contributed by atoms with Crippen molar-refractivity contribution >= 4 is 21.9 Å². The fraction of sp³-hybridized carbons (Fsp3) is 0.0500. The third kappa shape index (κ3) is 6.42. The highest BCUT2D eigenvalue weighted by Crippen LogP contribution is 2.49. The molecule has 0 atom stereocenters. The van der Waals surface area contributed by atoms with E-state index in [1.165, 1.54) is 27.8 Å². The number of hydrogen-bond acceptors (Lipinski definition) is 4. The first-order valence-corrected chi connectivity index (χ1v) is 21.8. The van der Waals surface area contributed by atoms with Crippen molar-refractivity contribution in [1.29, 1.82) is 0 Å². The lowest BCUT2D eigenvalue weighted by atomic mass is 9.81. The Morgan fingerprint density at radius 2 is 0.781 bits per heavy atom. The Balaban J connectivity index is 0.948. The summed E-state index contributed by atoms with van der Waals surface area (Å²) in [6, 6.07) is 74.9. The second-order valence-electron chi connectivity index (χ2n) is 17.2. The van der Waals surface area contributed by atoms with Crippen LogP contribution in [-0.4, -0.2) is 15.0 Å². The van der Waals surface area contributed by atoms with Crippen LogP contribution >= 0.6 is 0 Å². The van der Waals surface area contributed by atoms with E-state index < -0.39 is 0 Å². The molecule has 0 N–H and O–H groups in total. The molecular weight excluding hydrogens is 779 g/mol. The van der Waals surface area contributed by atoms with E-state index in [1.807, 2.05) is 12.1 Å². The number of hydrogen-bond donors (Lipinski definition) is 0. The standard InChI is InChI=1S/C60H41N3O/c1-60(2)52-24-10-9-22-49(52)50-32-30-44(36-53(50)60)42-18-11-20-46(34-42)58-61-57(41-28-26-39(27-29-41)38-14-5-3-6-15-38)62-59(63-58)47-21-12-19-43(35-47)45-31-33-51-55(37-45)64-54-25-13-23-48(56(51)54)40-16-7-4-8-17-40/h3-37H,1-2H3. The van der Waals surface area contributed by atoms with Crippen LogP contribution in [0, 0.1) is 0 Å². The van der Waals surface area contributed by atoms with E-state index in [0.717, 1.165) is 77.6 Å². The Morgan fingerprint density at radius 1 is 0.312 bits per heavy atom. The molecule has 302 valence electrons. The Kier molecular flexibility index (Phi) is 8.80. The lowest BCUT2D eigenvalue weighted by Gasteiger charge is -2.22. The Bertz CT molecular complexity index is 3570. The average Bonchev–Trinajstić information content (AvgIpc) is 3.85. The van der Waals surface area contributed by atoms with Crippen LogP contribution in [0.2, 0.25) is 0 Å². The lowest BCUT2D eigenvalue weighted by Crippen LogP contribution is -2.14. The SMILES string of the molecule is CC1(C)c2ccccc2-c2ccc(-c3cccc(-c4nc(-c5ccc(-c6ccccc6)cc5)nc(-c5cccc(-c6ccc7c(c6)oc6cccc(-c8ccccc8)c67)c5)n4)c3)cc21. The maximum absolute atomic E-state index is 6.51. The molecule has 0 saturated carbocycles. The van der Waals surface area contributed by atoms with Gasteiger partial charge in [0.25, 0.3) is 0 Å². The number of aromatic nitrogens is 3. The maximum atomic E-state index is 6.51. The van der Waals surface area contributed by atoms with E-state index in [0.29, 0.717) is 17.5 Å². The van der Waals surface area contributed by atoms with Crippen LogP contribution in [0.25, 0.3) is 112 Å². The summed E-state index contributed by atoms with van der Waals surface area (Å²) in [5.41, 5.74) is 18.7. The molecule has 2 aromatic heterocycles. The predicted molar refractivity (Wildman–Crippen MR) is 263 cm³/mol. The maximum Gasteiger partial charge on any atom is 0.164 e. The van der Waals surface area contributed by atoms with Gasteiger partial charge >= 0.3 is 0 Å². The summed E-state index contributed by atoms with van der Waals surface area (Å²) in [5.74, 6) is 1.84. The molecule has 64 heavy (non-hydrogen) atoms. The molecule has 0 bridgehead atoms. The van der Waals surface area contributed by atoms with E-state index in [4.69, 9.17) is 19.4 Å². The third-order valence-electron chi connectivity index (χ3n) is 13.0. The van der Waals surface area contributed by atoms with Gasteiger partial charge in [0.05, 0.1) is 0 Å². The molecule has 2 heterocycles. The Morgan fingerprint density at radius 3 is 1.48 bits per heavy atom. The second kappa shape index (κ2) is 15.0. The number of nitrogens with zero attached hydrogens (tertiary/aromatic N) is 3. The molecule has 0 spiro atoms. The van der Waals surface area contributed by atoms with Gasteiger partial charge in [0.1, 0.15) is 11.2 Å². The molecule has 11 aromatic rings. The van der Waals surface area contributed by atoms with Crippen LogP contribution in [0.4, 0.5) is 0 Å². The highest BCUT2D eigenvalue weighted by Gasteiger charge is 2.35. The molecule has 0 radical (unpaired) electrons. The largest absolute Gasteiger partial charge is 0.456 e. The van der Waals surface area contributed by atoms with Crippen molar-refractivity contribution in [3.63, 3.8) is 0 Å². The summed E-state index contributed by atoms with van der Waals surface area (Å²) in [7, 11) is 0. The van der Waals surface area contributed by atoms with Gasteiger partial charge in [0, 0.05) is 32.9 Å². The van der Waals surface area contributed by atoms with Gasteiger partial charge in [0.15, 0.2) is 17.5 Å². The summed E-state index contributed by atoms with van der Waals surface area (Å²) in [4.78, 5) is 15.6. The summed E-state index contributed by atoms with van der Waals surface area (Å²) >= 11 is 0. The van der Waals surface area contributed by atoms with Crippen LogP contribution < -0.4 is 0 Å². The summed E-state index contributed by atoms with van der Waals surface area (Å²) < 4.78 is 6.51. The molecule has 0 unspecified atom stereocenters. The fourth-order valence-electron chi connectivity index (χ4n) is 9.63. The Labute approximate surface area is 372 Å². The van der Waals surface area contributed by atoms with Crippen molar-refractivity contribution in [2.24, 2.45) is 0 Å². The van der Waals surface area contributed by atoms with E-state index in [1.54, 1.807) is 0 Å². The van der Waals surface area contributed by atoms with Gasteiger partial charge in [-0.1, -0.05) is 190 Å². The quantitative estimate of drug-likeness (QED) is 0.161. The third-order valence-corrected chi connectivity index (χ3v) is 13.0. The van der Waals surface area contributed by atoms with Gasteiger partial charge in [-0.3, -0.25) is 0 Å². The zero-order chi connectivity index (χ0) is 42.8. The van der Waals surface area contributed by atoms with Crippen LogP contribution in [0.3, 0.4) is 0 Å². The number of fused-ring (bicyclic) bond motifs is 6. The molecule has 4 heteroatoms. The number of rotatable bonds is 7. The van der Waals surface area contributed by atoms with Gasteiger partial charge in [-0.25, -0.2) is 15.0 Å². The molecular formula is C60H41N3O. The molecule has 12 rings (SSSR count). The van der Waals surface area contributed by atoms with Crippen LogP contribution in [0.5, 0.6) is 0 Å². The molecule has 0 fully saturated rings. The minimum Gasteiger partial charge on any atom is -0.456 e. The molecule has 9 aromatic carbocycles. The summed E-state index contributed by atoms with van der Waals surface area (Å²) in [6.07, 6.45) is 0. The highest BCUT2D eigenvalue weighted by molar-refractivity contribution is 6.13. The van der Waals surface area contributed by atoms with Crippen LogP contribution in [0.15, 0.2) is 217 Å². The first kappa shape index (κ1) is 37.5. The molecule has 0 saturated heterocycles. The Hall–Kier alpha value is -8.21. The van der Waals surface area contributed by atoms with E-state index in [-0.39, 0.29) is 5.41 Å². The highest BCUT2D eigenvalue weighted by atomic mass is 16.3. The zero-order valence-electron chi connectivity index (χ0n) is 35.5. The first-order chi connectivity index (χ1) is 31.4. The van der Waals surface area contributed by atoms with Crippen molar-refractivity contribution < 1.29 is 4.42 Å². The molecule has 1 aliphatic rings. The van der Waals surface area contributed by atoms with Crippen molar-refractivity contribution in [2.75, 3.05) is 0 Å². The predicted octanol–water partition coefficient (Wildman–Crippen LogP) is 15.7. The van der Waals surface area contributed by atoms with E-state index >= 15 is 0 Å². The van der Waals surface area contributed by atoms with Crippen molar-refractivity contribution in [3.05, 3.63) is 223 Å². The molecule has 0 aliphatic heterocycles. The van der Waals surface area contributed by atoms with Crippen LogP contribution in [0.1, 0.15) is 25.0 Å². The first-order valence-electron chi connectivity index (χ1n) is 21.8. The number of furan rings is 1.